The van der Waals surface area contributed by atoms with Gasteiger partial charge in [0, 0.05) is 19.5 Å². The number of carbonyl (C=O) groups is 1. The average Bonchev–Trinajstić information content (AvgIpc) is 2.36. The number of nitrogens with zero attached hydrogens (tertiary/aromatic N) is 1. The fraction of sp³-hybridized carbons (Fsp3) is 0.462. The van der Waals surface area contributed by atoms with Crippen molar-refractivity contribution in [3.05, 3.63) is 35.9 Å². The maximum atomic E-state index is 12.1. The molecule has 0 fully saturated rings. The summed E-state index contributed by atoms with van der Waals surface area (Å²) in [5.74, 6) is -1.10. The average molecular weight is 285 g/mol. The lowest BCUT2D eigenvalue weighted by atomic mass is 10.2. The van der Waals surface area contributed by atoms with Gasteiger partial charge in [0.1, 0.15) is 0 Å². The summed E-state index contributed by atoms with van der Waals surface area (Å²) < 4.78 is 25.5. The van der Waals surface area contributed by atoms with Crippen LogP contribution in [0.5, 0.6) is 0 Å². The molecule has 0 unspecified atom stereocenters. The molecule has 1 aromatic rings. The van der Waals surface area contributed by atoms with E-state index < -0.39 is 16.0 Å². The normalized spacial score (nSPS) is 11.7. The van der Waals surface area contributed by atoms with E-state index in [-0.39, 0.29) is 18.6 Å². The number of hydrogen-bond donors (Lipinski definition) is 1. The number of benzene rings is 1. The third-order valence-corrected chi connectivity index (χ3v) is 4.72. The van der Waals surface area contributed by atoms with Gasteiger partial charge in [-0.3, -0.25) is 4.79 Å². The fourth-order valence-electron chi connectivity index (χ4n) is 1.73. The highest BCUT2D eigenvalue weighted by Gasteiger charge is 2.20. The van der Waals surface area contributed by atoms with Crippen molar-refractivity contribution in [1.29, 1.82) is 0 Å². The third kappa shape index (κ3) is 5.40. The lowest BCUT2D eigenvalue weighted by Crippen LogP contribution is -2.32. The van der Waals surface area contributed by atoms with Gasteiger partial charge in [0.15, 0.2) is 0 Å². The summed E-state index contributed by atoms with van der Waals surface area (Å²) in [7, 11) is -3.40. The molecular formula is C13H19NO4S. The molecule has 0 atom stereocenters. The van der Waals surface area contributed by atoms with Crippen LogP contribution in [0, 0.1) is 0 Å². The molecule has 0 saturated heterocycles. The van der Waals surface area contributed by atoms with Crippen molar-refractivity contribution < 1.29 is 18.3 Å². The van der Waals surface area contributed by atoms with Crippen LogP contribution in [0.25, 0.3) is 0 Å². The van der Waals surface area contributed by atoms with Crippen LogP contribution in [0.15, 0.2) is 30.3 Å². The van der Waals surface area contributed by atoms with Gasteiger partial charge in [-0.2, -0.15) is 4.31 Å². The second kappa shape index (κ2) is 7.25. The summed E-state index contributed by atoms with van der Waals surface area (Å²) in [6.45, 7) is 2.48. The Hall–Kier alpha value is -1.40. The molecule has 0 heterocycles. The molecule has 0 spiro atoms. The largest absolute Gasteiger partial charge is 0.481 e. The Morgan fingerprint density at radius 2 is 1.89 bits per heavy atom. The third-order valence-electron chi connectivity index (χ3n) is 2.74. The number of aliphatic carboxylic acids is 1. The van der Waals surface area contributed by atoms with Crippen molar-refractivity contribution in [1.82, 2.24) is 4.31 Å². The maximum Gasteiger partial charge on any atom is 0.303 e. The summed E-state index contributed by atoms with van der Waals surface area (Å²) in [6.07, 6.45) is 0.0189. The molecule has 0 radical (unpaired) electrons. The molecule has 1 rings (SSSR count). The zero-order valence-electron chi connectivity index (χ0n) is 10.9. The van der Waals surface area contributed by atoms with Crippen molar-refractivity contribution in [3.8, 4) is 0 Å². The van der Waals surface area contributed by atoms with Crippen molar-refractivity contribution >= 4 is 16.0 Å². The lowest BCUT2D eigenvalue weighted by Gasteiger charge is -2.20. The van der Waals surface area contributed by atoms with E-state index in [2.05, 4.69) is 0 Å². The second-order valence-corrected chi connectivity index (χ2v) is 6.31. The van der Waals surface area contributed by atoms with E-state index in [1.807, 2.05) is 30.3 Å². The first-order chi connectivity index (χ1) is 8.95. The molecular weight excluding hydrogens is 266 g/mol. The van der Waals surface area contributed by atoms with Crippen LogP contribution < -0.4 is 0 Å². The molecule has 6 heteroatoms. The monoisotopic (exact) mass is 285 g/mol. The van der Waals surface area contributed by atoms with Crippen molar-refractivity contribution in [2.75, 3.05) is 12.3 Å². The SMILES string of the molecule is CCN(Cc1ccccc1)S(=O)(=O)CCCC(=O)O. The van der Waals surface area contributed by atoms with E-state index in [0.717, 1.165) is 5.56 Å². The molecule has 0 aliphatic rings. The van der Waals surface area contributed by atoms with Gasteiger partial charge in [0.25, 0.3) is 0 Å². The fourth-order valence-corrected chi connectivity index (χ4v) is 3.24. The minimum absolute atomic E-state index is 0.123. The highest BCUT2D eigenvalue weighted by molar-refractivity contribution is 7.89. The van der Waals surface area contributed by atoms with Gasteiger partial charge >= 0.3 is 5.97 Å². The summed E-state index contributed by atoms with van der Waals surface area (Å²) in [5.41, 5.74) is 0.922. The van der Waals surface area contributed by atoms with E-state index in [1.54, 1.807) is 6.92 Å². The summed E-state index contributed by atoms with van der Waals surface area (Å²) >= 11 is 0. The van der Waals surface area contributed by atoms with Crippen molar-refractivity contribution in [3.63, 3.8) is 0 Å². The molecule has 0 aliphatic heterocycles. The number of rotatable bonds is 8. The zero-order chi connectivity index (χ0) is 14.3. The Kier molecular flexibility index (Phi) is 5.98. The van der Waals surface area contributed by atoms with Gasteiger partial charge in [-0.1, -0.05) is 37.3 Å². The van der Waals surface area contributed by atoms with Crippen LogP contribution in [-0.4, -0.2) is 36.1 Å². The van der Waals surface area contributed by atoms with Crippen molar-refractivity contribution in [2.45, 2.75) is 26.3 Å². The Morgan fingerprint density at radius 1 is 1.26 bits per heavy atom. The van der Waals surface area contributed by atoms with Crippen LogP contribution in [0.1, 0.15) is 25.3 Å². The van der Waals surface area contributed by atoms with Gasteiger partial charge in [-0.25, -0.2) is 8.42 Å². The standard InChI is InChI=1S/C13H19NO4S/c1-2-14(11-12-7-4-3-5-8-12)19(17,18)10-6-9-13(15)16/h3-5,7-8H,2,6,9-11H2,1H3,(H,15,16). The number of carboxylic acid groups (broad SMARTS) is 1. The van der Waals surface area contributed by atoms with Crippen LogP contribution in [-0.2, 0) is 21.4 Å². The molecule has 1 N–H and O–H groups in total. The van der Waals surface area contributed by atoms with Gasteiger partial charge < -0.3 is 5.11 Å². The maximum absolute atomic E-state index is 12.1. The topological polar surface area (TPSA) is 74.7 Å². The Balaban J connectivity index is 2.65. The van der Waals surface area contributed by atoms with Crippen molar-refractivity contribution in [2.24, 2.45) is 0 Å². The zero-order valence-corrected chi connectivity index (χ0v) is 11.8. The molecule has 0 amide bonds. The Bertz CT molecular complexity index is 499. The minimum atomic E-state index is -3.40. The molecule has 0 aliphatic carbocycles. The predicted octanol–water partition coefficient (Wildman–Crippen LogP) is 1.70. The van der Waals surface area contributed by atoms with Gasteiger partial charge in [-0.05, 0) is 12.0 Å². The molecule has 0 aromatic heterocycles. The molecule has 0 saturated carbocycles. The summed E-state index contributed by atoms with van der Waals surface area (Å²) in [4.78, 5) is 10.4. The highest BCUT2D eigenvalue weighted by Crippen LogP contribution is 2.11. The van der Waals surface area contributed by atoms with E-state index in [9.17, 15) is 13.2 Å². The predicted molar refractivity (Wildman–Crippen MR) is 73.2 cm³/mol. The molecule has 19 heavy (non-hydrogen) atoms. The van der Waals surface area contributed by atoms with E-state index in [4.69, 9.17) is 5.11 Å². The first-order valence-electron chi connectivity index (χ1n) is 6.19. The molecule has 106 valence electrons. The second-order valence-electron chi connectivity index (χ2n) is 4.23. The van der Waals surface area contributed by atoms with Crippen LogP contribution in [0.2, 0.25) is 0 Å². The van der Waals surface area contributed by atoms with Gasteiger partial charge in [0.2, 0.25) is 10.0 Å². The smallest absolute Gasteiger partial charge is 0.303 e. The summed E-state index contributed by atoms with van der Waals surface area (Å²) in [5, 5.41) is 8.53. The summed E-state index contributed by atoms with van der Waals surface area (Å²) in [6, 6.07) is 9.34. The highest BCUT2D eigenvalue weighted by atomic mass is 32.2. The quantitative estimate of drug-likeness (QED) is 0.789. The Morgan fingerprint density at radius 3 is 2.42 bits per heavy atom. The first kappa shape index (κ1) is 15.7. The number of carboxylic acids is 1. The molecule has 0 bridgehead atoms. The molecule has 1 aromatic carbocycles. The first-order valence-corrected chi connectivity index (χ1v) is 7.80. The molecule has 5 nitrogen and oxygen atoms in total. The van der Waals surface area contributed by atoms with Crippen LogP contribution >= 0.6 is 0 Å². The lowest BCUT2D eigenvalue weighted by molar-refractivity contribution is -0.137. The Labute approximate surface area is 113 Å². The van der Waals surface area contributed by atoms with Crippen LogP contribution in [0.4, 0.5) is 0 Å². The number of sulfonamides is 1. The number of hydrogen-bond acceptors (Lipinski definition) is 3. The van der Waals surface area contributed by atoms with E-state index >= 15 is 0 Å². The van der Waals surface area contributed by atoms with Gasteiger partial charge in [0.05, 0.1) is 5.75 Å². The van der Waals surface area contributed by atoms with Gasteiger partial charge in [-0.15, -0.1) is 0 Å². The van der Waals surface area contributed by atoms with E-state index in [0.29, 0.717) is 13.1 Å². The van der Waals surface area contributed by atoms with Crippen LogP contribution in [0.3, 0.4) is 0 Å². The van der Waals surface area contributed by atoms with E-state index in [1.165, 1.54) is 4.31 Å². The minimum Gasteiger partial charge on any atom is -0.481 e.